The van der Waals surface area contributed by atoms with Crippen LogP contribution in [-0.2, 0) is 15.3 Å². The van der Waals surface area contributed by atoms with Gasteiger partial charge in [0.2, 0.25) is 0 Å². The molecule has 3 aromatic rings. The molecule has 4 rings (SSSR count). The monoisotopic (exact) mass is 501 g/mol. The maximum Gasteiger partial charge on any atom is 0.337 e. The molecule has 0 saturated heterocycles. The third-order valence-corrected chi connectivity index (χ3v) is 6.32. The number of hydrogen-bond donors (Lipinski definition) is 5. The number of carbonyl (C=O) groups is 1. The number of aliphatic hydroxyl groups is 1. The Morgan fingerprint density at radius 2 is 1.77 bits per heavy atom. The first-order chi connectivity index (χ1) is 16.5. The number of halogens is 1. The number of carboxylic acids is 1. The molecule has 9 nitrogen and oxygen atoms in total. The summed E-state index contributed by atoms with van der Waals surface area (Å²) in [5, 5.41) is 32.2. The number of rotatable bonds is 8. The van der Waals surface area contributed by atoms with Crippen LogP contribution in [0, 0.1) is 0 Å². The van der Waals surface area contributed by atoms with Gasteiger partial charge in [-0.2, -0.15) is 0 Å². The van der Waals surface area contributed by atoms with Crippen LogP contribution in [0.1, 0.15) is 45.3 Å². The predicted molar refractivity (Wildman–Crippen MR) is 139 cm³/mol. The molecule has 10 heteroatoms. The van der Waals surface area contributed by atoms with Crippen LogP contribution in [-0.4, -0.2) is 52.5 Å². The zero-order valence-corrected chi connectivity index (χ0v) is 21.5. The average Bonchev–Trinajstić information content (AvgIpc) is 3.45. The lowest BCUT2D eigenvalue weighted by Gasteiger charge is -2.28. The normalized spacial score (nSPS) is 15.7. The molecule has 5 N–H and O–H groups in total. The van der Waals surface area contributed by atoms with Gasteiger partial charge in [-0.1, -0.05) is 23.7 Å². The van der Waals surface area contributed by atoms with E-state index in [-0.39, 0.29) is 0 Å². The number of hydrogen-bond acceptors (Lipinski definition) is 7. The fraction of sp³-hybridized carbons (Fsp3) is 0.440. The van der Waals surface area contributed by atoms with Gasteiger partial charge >= 0.3 is 5.97 Å². The first-order valence-electron chi connectivity index (χ1n) is 11.5. The summed E-state index contributed by atoms with van der Waals surface area (Å²) in [5.74, 6) is -0.117. The Hall–Kier alpha value is -3.01. The van der Waals surface area contributed by atoms with Crippen molar-refractivity contribution < 1.29 is 19.7 Å². The Morgan fingerprint density at radius 3 is 2.23 bits per heavy atom. The van der Waals surface area contributed by atoms with Crippen molar-refractivity contribution in [2.24, 2.45) is 0 Å². The number of carboxylic acid groups (broad SMARTS) is 1. The zero-order valence-electron chi connectivity index (χ0n) is 20.8. The molecule has 1 aromatic carbocycles. The number of aliphatic carboxylic acids is 1. The molecular weight excluding hydrogens is 470 g/mol. The van der Waals surface area contributed by atoms with Gasteiger partial charge in [0.25, 0.3) is 0 Å². The lowest BCUT2D eigenvalue weighted by atomic mass is 9.93. The predicted octanol–water partition coefficient (Wildman–Crippen LogP) is 4.86. The van der Waals surface area contributed by atoms with Crippen LogP contribution in [0.3, 0.4) is 0 Å². The molecule has 35 heavy (non-hydrogen) atoms. The highest BCUT2D eigenvalue weighted by Crippen LogP contribution is 2.52. The molecule has 1 aliphatic carbocycles. The second-order valence-electron chi connectivity index (χ2n) is 9.69. The number of aromatic nitrogens is 2. The van der Waals surface area contributed by atoms with Gasteiger partial charge in [-0.3, -0.25) is 4.57 Å². The van der Waals surface area contributed by atoms with Gasteiger partial charge in [0, 0.05) is 50.1 Å². The zero-order chi connectivity index (χ0) is 25.7. The highest BCUT2D eigenvalue weighted by molar-refractivity contribution is 6.30. The van der Waals surface area contributed by atoms with E-state index >= 15 is 0 Å². The Balaban J connectivity index is 2.22. The van der Waals surface area contributed by atoms with E-state index in [0.717, 1.165) is 5.56 Å². The van der Waals surface area contributed by atoms with Crippen LogP contribution < -0.4 is 16.0 Å². The summed E-state index contributed by atoms with van der Waals surface area (Å²) < 4.78 is 7.87. The topological polar surface area (TPSA) is 121 Å². The summed E-state index contributed by atoms with van der Waals surface area (Å²) in [4.78, 5) is 17.5. The van der Waals surface area contributed by atoms with Crippen LogP contribution in [0.4, 0.5) is 17.3 Å². The molecule has 0 bridgehead atoms. The molecule has 0 amide bonds. The summed E-state index contributed by atoms with van der Waals surface area (Å²) >= 11 is 6.19. The van der Waals surface area contributed by atoms with Crippen molar-refractivity contribution in [3.8, 4) is 11.1 Å². The average molecular weight is 502 g/mol. The lowest BCUT2D eigenvalue weighted by molar-refractivity contribution is -0.160. The highest BCUT2D eigenvalue weighted by Gasteiger charge is 2.47. The third-order valence-electron chi connectivity index (χ3n) is 6.07. The second kappa shape index (κ2) is 8.89. The molecule has 188 valence electrons. The summed E-state index contributed by atoms with van der Waals surface area (Å²) in [7, 11) is 5.26. The summed E-state index contributed by atoms with van der Waals surface area (Å²) in [5.41, 5.74) is 1.19. The lowest BCUT2D eigenvalue weighted by Crippen LogP contribution is -2.28. The first kappa shape index (κ1) is 25.1. The molecular formula is C25H32ClN5O4. The standard InChI is InChI=1S/C25H32ClN5O4/c1-24(2,3)35-19(23(32)33)17-15(13-7-9-14(26)10-8-13)16-18(27-4)22(29-6)31(25(34)11-12-25)21(16)30-20(17)28-5/h7-10,19,27,29,34H,11-12H2,1-6H3,(H,28,30)(H,32,33)/t19-/m0/s1. The fourth-order valence-corrected chi connectivity index (χ4v) is 4.62. The number of nitrogens with zero attached hydrogens (tertiary/aromatic N) is 2. The van der Waals surface area contributed by atoms with Crippen molar-refractivity contribution >= 4 is 45.9 Å². The van der Waals surface area contributed by atoms with E-state index in [2.05, 4.69) is 16.0 Å². The molecule has 1 fully saturated rings. The van der Waals surface area contributed by atoms with E-state index in [0.29, 0.717) is 57.3 Å². The minimum absolute atomic E-state index is 0.354. The fourth-order valence-electron chi connectivity index (χ4n) is 4.49. The van der Waals surface area contributed by atoms with Crippen molar-refractivity contribution in [1.82, 2.24) is 9.55 Å². The number of anilines is 3. The van der Waals surface area contributed by atoms with E-state index in [1.807, 2.05) is 32.9 Å². The van der Waals surface area contributed by atoms with Crippen molar-refractivity contribution in [1.29, 1.82) is 0 Å². The molecule has 0 radical (unpaired) electrons. The Morgan fingerprint density at radius 1 is 1.14 bits per heavy atom. The van der Waals surface area contributed by atoms with Gasteiger partial charge in [0.05, 0.1) is 16.7 Å². The molecule has 1 atom stereocenters. The molecule has 1 saturated carbocycles. The van der Waals surface area contributed by atoms with Gasteiger partial charge in [-0.15, -0.1) is 0 Å². The molecule has 2 aromatic heterocycles. The van der Waals surface area contributed by atoms with Gasteiger partial charge in [0.1, 0.15) is 23.0 Å². The maximum absolute atomic E-state index is 12.6. The smallest absolute Gasteiger partial charge is 0.337 e. The number of fused-ring (bicyclic) bond motifs is 1. The van der Waals surface area contributed by atoms with Crippen molar-refractivity contribution in [3.05, 3.63) is 34.9 Å². The summed E-state index contributed by atoms with van der Waals surface area (Å²) in [6.45, 7) is 5.44. The van der Waals surface area contributed by atoms with Crippen LogP contribution in [0.5, 0.6) is 0 Å². The van der Waals surface area contributed by atoms with Crippen molar-refractivity contribution in [3.63, 3.8) is 0 Å². The summed E-state index contributed by atoms with van der Waals surface area (Å²) in [6, 6.07) is 7.21. The van der Waals surface area contributed by atoms with Gasteiger partial charge in [0.15, 0.2) is 6.10 Å². The second-order valence-corrected chi connectivity index (χ2v) is 10.1. The Bertz CT molecular complexity index is 1280. The molecule has 0 spiro atoms. The van der Waals surface area contributed by atoms with Crippen LogP contribution in [0.2, 0.25) is 5.02 Å². The molecule has 0 unspecified atom stereocenters. The third kappa shape index (κ3) is 4.39. The maximum atomic E-state index is 12.6. The SMILES string of the molecule is CNc1nc2c(c(NC)c(NC)n2C2(O)CC2)c(-c2ccc(Cl)cc2)c1[C@H](OC(C)(C)C)C(=O)O. The van der Waals surface area contributed by atoms with Crippen molar-refractivity contribution in [2.75, 3.05) is 37.1 Å². The van der Waals surface area contributed by atoms with E-state index in [1.54, 1.807) is 37.8 Å². The quantitative estimate of drug-likeness (QED) is 0.297. The van der Waals surface area contributed by atoms with Crippen LogP contribution >= 0.6 is 11.6 Å². The highest BCUT2D eigenvalue weighted by atomic mass is 35.5. The van der Waals surface area contributed by atoms with E-state index in [1.165, 1.54) is 0 Å². The van der Waals surface area contributed by atoms with Gasteiger partial charge < -0.3 is 30.9 Å². The minimum atomic E-state index is -1.31. The van der Waals surface area contributed by atoms with E-state index < -0.39 is 23.4 Å². The first-order valence-corrected chi connectivity index (χ1v) is 11.9. The van der Waals surface area contributed by atoms with Crippen LogP contribution in [0.15, 0.2) is 24.3 Å². The van der Waals surface area contributed by atoms with E-state index in [4.69, 9.17) is 21.3 Å². The molecule has 0 aliphatic heterocycles. The molecule has 2 heterocycles. The Kier molecular flexibility index (Phi) is 6.37. The van der Waals surface area contributed by atoms with Gasteiger partial charge in [-0.05, 0) is 38.5 Å². The molecule has 1 aliphatic rings. The van der Waals surface area contributed by atoms with E-state index in [9.17, 15) is 15.0 Å². The largest absolute Gasteiger partial charge is 0.479 e. The number of ether oxygens (including phenoxy) is 1. The Labute approximate surface area is 209 Å². The van der Waals surface area contributed by atoms with Crippen molar-refractivity contribution in [2.45, 2.75) is 51.0 Å². The minimum Gasteiger partial charge on any atom is -0.479 e. The number of benzene rings is 1. The van der Waals surface area contributed by atoms with Gasteiger partial charge in [-0.25, -0.2) is 9.78 Å². The van der Waals surface area contributed by atoms with Crippen LogP contribution in [0.25, 0.3) is 22.2 Å². The number of pyridine rings is 1. The number of nitrogens with one attached hydrogen (secondary N) is 3. The summed E-state index contributed by atoms with van der Waals surface area (Å²) in [6.07, 6.45) is -0.127.